The molecule has 5 N–H and O–H groups in total. The van der Waals surface area contributed by atoms with Crippen LogP contribution in [0.2, 0.25) is 0 Å². The summed E-state index contributed by atoms with van der Waals surface area (Å²) in [6.07, 6.45) is 0.415. The average Bonchev–Trinajstić information content (AvgIpc) is 2.97. The smallest absolute Gasteiger partial charge is 0.308 e. The molecule has 20 heavy (non-hydrogen) atoms. The molecule has 0 radical (unpaired) electrons. The zero-order chi connectivity index (χ0) is 15.0. The molecule has 2 unspecified atom stereocenters. The van der Waals surface area contributed by atoms with Gasteiger partial charge < -0.3 is 15.4 Å². The van der Waals surface area contributed by atoms with Crippen molar-refractivity contribution in [1.82, 2.24) is 16.0 Å². The van der Waals surface area contributed by atoms with Crippen LogP contribution in [0.1, 0.15) is 23.9 Å². The summed E-state index contributed by atoms with van der Waals surface area (Å²) in [5.41, 5.74) is 9.87. The number of nitrogens with zero attached hydrogens (tertiary/aromatic N) is 1. The van der Waals surface area contributed by atoms with Gasteiger partial charge in [-0.3, -0.25) is 20.4 Å². The average molecular weight is 302 g/mol. The molecule has 0 saturated heterocycles. The van der Waals surface area contributed by atoms with Gasteiger partial charge in [0.1, 0.15) is 6.10 Å². The van der Waals surface area contributed by atoms with E-state index in [0.29, 0.717) is 6.42 Å². The Morgan fingerprint density at radius 1 is 1.55 bits per heavy atom. The van der Waals surface area contributed by atoms with Crippen LogP contribution in [0.3, 0.4) is 0 Å². The van der Waals surface area contributed by atoms with Gasteiger partial charge in [-0.1, -0.05) is 12.1 Å². The highest BCUT2D eigenvalue weighted by atomic mass is 32.2. The second-order valence-corrected chi connectivity index (χ2v) is 5.31. The lowest BCUT2D eigenvalue weighted by atomic mass is 10.1. The Morgan fingerprint density at radius 2 is 2.30 bits per heavy atom. The Hall–Kier alpha value is -1.58. The van der Waals surface area contributed by atoms with Gasteiger partial charge in [0.25, 0.3) is 5.91 Å². The second kappa shape index (κ2) is 8.56. The summed E-state index contributed by atoms with van der Waals surface area (Å²) in [4.78, 5) is 23.0. The van der Waals surface area contributed by atoms with Gasteiger partial charge in [0.05, 0.1) is 6.20 Å². The Kier molecular flexibility index (Phi) is 7.05. The molecule has 0 aliphatic heterocycles. The first kappa shape index (κ1) is 16.5. The largest absolute Gasteiger partial charge is 0.382 e. The molecular formula is C11H18N4O4S. The fraction of sp³-hybridized carbons (Fsp3) is 0.545. The van der Waals surface area contributed by atoms with E-state index in [9.17, 15) is 14.7 Å². The minimum absolute atomic E-state index is 0.0524. The van der Waals surface area contributed by atoms with Crippen molar-refractivity contribution >= 4 is 23.6 Å². The lowest BCUT2D eigenvalue weighted by molar-refractivity contribution is -0.131. The monoisotopic (exact) mass is 302 g/mol. The minimum Gasteiger partial charge on any atom is -0.382 e. The molecule has 0 spiro atoms. The fourth-order valence-electron chi connectivity index (χ4n) is 1.30. The van der Waals surface area contributed by atoms with Gasteiger partial charge in [0, 0.05) is 12.1 Å². The third-order valence-corrected chi connectivity index (χ3v) is 3.37. The van der Waals surface area contributed by atoms with Crippen molar-refractivity contribution in [2.45, 2.75) is 25.5 Å². The van der Waals surface area contributed by atoms with E-state index in [0.717, 1.165) is 11.5 Å². The van der Waals surface area contributed by atoms with Crippen LogP contribution in [0, 0.1) is 0 Å². The van der Waals surface area contributed by atoms with Crippen molar-refractivity contribution in [1.29, 1.82) is 0 Å². The van der Waals surface area contributed by atoms with Crippen molar-refractivity contribution in [2.75, 3.05) is 11.5 Å². The number of carbonyl (C=O) groups excluding carboxylic acids is 2. The highest BCUT2D eigenvalue weighted by molar-refractivity contribution is 7.99. The lowest BCUT2D eigenvalue weighted by Crippen LogP contribution is -2.52. The number of nitrogens with two attached hydrogens (primary N) is 1. The Labute approximate surface area is 120 Å². The maximum Gasteiger partial charge on any atom is 0.308 e. The third-order valence-electron chi connectivity index (χ3n) is 2.43. The van der Waals surface area contributed by atoms with Gasteiger partial charge >= 0.3 is 5.91 Å². The number of hydrogen-bond acceptors (Lipinski definition) is 7. The standard InChI is InChI=1S/C11H18N4O4S/c1-2-20-6-4-7(12)9(16)11(18)15-14-10(17)8-3-5-13-19-8/h3,5,7,9,16H,2,4,6,12H2,1H3,(H,14,17)(H,15,18). The number of thioether (sulfide) groups is 1. The van der Waals surface area contributed by atoms with Crippen LogP contribution in [0.25, 0.3) is 0 Å². The summed E-state index contributed by atoms with van der Waals surface area (Å²) < 4.78 is 4.60. The molecule has 1 aromatic rings. The van der Waals surface area contributed by atoms with Crippen molar-refractivity contribution in [3.63, 3.8) is 0 Å². The Balaban J connectivity index is 2.32. The van der Waals surface area contributed by atoms with Crippen molar-refractivity contribution in [2.24, 2.45) is 5.73 Å². The Bertz CT molecular complexity index is 426. The van der Waals surface area contributed by atoms with Crippen LogP contribution in [0.4, 0.5) is 0 Å². The molecular weight excluding hydrogens is 284 g/mol. The maximum absolute atomic E-state index is 11.6. The van der Waals surface area contributed by atoms with E-state index >= 15 is 0 Å². The normalized spacial score (nSPS) is 13.6. The number of rotatable bonds is 7. The molecule has 0 bridgehead atoms. The number of amides is 2. The molecule has 0 aliphatic carbocycles. The predicted molar refractivity (Wildman–Crippen MR) is 73.7 cm³/mol. The zero-order valence-corrected chi connectivity index (χ0v) is 11.9. The molecule has 0 aromatic carbocycles. The number of hydrazine groups is 1. The van der Waals surface area contributed by atoms with Crippen LogP contribution >= 0.6 is 11.8 Å². The van der Waals surface area contributed by atoms with Crippen LogP contribution in [-0.2, 0) is 4.79 Å². The summed E-state index contributed by atoms with van der Waals surface area (Å²) in [7, 11) is 0. The molecule has 0 aliphatic rings. The van der Waals surface area contributed by atoms with Crippen molar-refractivity contribution in [3.05, 3.63) is 18.0 Å². The van der Waals surface area contributed by atoms with Gasteiger partial charge in [0.2, 0.25) is 5.76 Å². The molecule has 112 valence electrons. The maximum atomic E-state index is 11.6. The van der Waals surface area contributed by atoms with Gasteiger partial charge in [0.15, 0.2) is 0 Å². The van der Waals surface area contributed by atoms with Crippen LogP contribution in [0.5, 0.6) is 0 Å². The fourth-order valence-corrected chi connectivity index (χ4v) is 2.03. The van der Waals surface area contributed by atoms with Gasteiger partial charge in [-0.25, -0.2) is 0 Å². The summed E-state index contributed by atoms with van der Waals surface area (Å²) in [6.45, 7) is 2.01. The van der Waals surface area contributed by atoms with Crippen molar-refractivity contribution < 1.29 is 19.2 Å². The molecule has 2 atom stereocenters. The molecule has 1 heterocycles. The van der Waals surface area contributed by atoms with E-state index in [2.05, 4.69) is 20.5 Å². The van der Waals surface area contributed by atoms with E-state index in [1.165, 1.54) is 12.3 Å². The first-order chi connectivity index (χ1) is 9.56. The van der Waals surface area contributed by atoms with Crippen molar-refractivity contribution in [3.8, 4) is 0 Å². The van der Waals surface area contributed by atoms with Crippen LogP contribution in [0.15, 0.2) is 16.8 Å². The molecule has 2 amide bonds. The van der Waals surface area contributed by atoms with E-state index in [1.807, 2.05) is 6.92 Å². The summed E-state index contributed by atoms with van der Waals surface area (Å²) >= 11 is 1.67. The van der Waals surface area contributed by atoms with E-state index in [1.54, 1.807) is 11.8 Å². The quantitative estimate of drug-likeness (QED) is 0.385. The molecule has 0 fully saturated rings. The summed E-state index contributed by atoms with van der Waals surface area (Å²) in [5, 5.41) is 13.1. The minimum atomic E-state index is -1.39. The van der Waals surface area contributed by atoms with E-state index in [-0.39, 0.29) is 5.76 Å². The zero-order valence-electron chi connectivity index (χ0n) is 11.0. The molecule has 1 aromatic heterocycles. The summed E-state index contributed by atoms with van der Waals surface area (Å²) in [5.74, 6) is 0.211. The summed E-state index contributed by atoms with van der Waals surface area (Å²) in [6, 6.07) is 0.655. The van der Waals surface area contributed by atoms with E-state index in [4.69, 9.17) is 5.73 Å². The molecule has 0 saturated carbocycles. The second-order valence-electron chi connectivity index (χ2n) is 3.91. The topological polar surface area (TPSA) is 130 Å². The van der Waals surface area contributed by atoms with E-state index < -0.39 is 24.0 Å². The number of hydrogen-bond donors (Lipinski definition) is 4. The van der Waals surface area contributed by atoms with Gasteiger partial charge in [-0.2, -0.15) is 11.8 Å². The SMILES string of the molecule is CCSCCC(N)C(O)C(=O)NNC(=O)c1ccno1. The molecule has 8 nitrogen and oxygen atoms in total. The predicted octanol–water partition coefficient (Wildman–Crippen LogP) is -0.733. The number of aromatic nitrogens is 1. The third kappa shape index (κ3) is 5.19. The molecule has 1 rings (SSSR count). The number of aliphatic hydroxyl groups is 1. The highest BCUT2D eigenvalue weighted by Gasteiger charge is 2.23. The first-order valence-electron chi connectivity index (χ1n) is 6.08. The van der Waals surface area contributed by atoms with Crippen LogP contribution < -0.4 is 16.6 Å². The Morgan fingerprint density at radius 3 is 2.90 bits per heavy atom. The van der Waals surface area contributed by atoms with Gasteiger partial charge in [-0.05, 0) is 17.9 Å². The number of nitrogens with one attached hydrogen (secondary N) is 2. The highest BCUT2D eigenvalue weighted by Crippen LogP contribution is 2.05. The van der Waals surface area contributed by atoms with Gasteiger partial charge in [-0.15, -0.1) is 0 Å². The first-order valence-corrected chi connectivity index (χ1v) is 7.24. The lowest BCUT2D eigenvalue weighted by Gasteiger charge is -2.18. The van der Waals surface area contributed by atoms with Crippen LogP contribution in [-0.4, -0.2) is 45.7 Å². The molecule has 9 heteroatoms. The number of carbonyl (C=O) groups is 2. The number of aliphatic hydroxyl groups excluding tert-OH is 1.